The van der Waals surface area contributed by atoms with E-state index in [1.807, 2.05) is 43.3 Å². The van der Waals surface area contributed by atoms with Crippen LogP contribution >= 0.6 is 0 Å². The summed E-state index contributed by atoms with van der Waals surface area (Å²) >= 11 is 0. The van der Waals surface area contributed by atoms with E-state index in [1.54, 1.807) is 18.2 Å². The van der Waals surface area contributed by atoms with Crippen LogP contribution in [0.5, 0.6) is 0 Å². The second-order valence-corrected chi connectivity index (χ2v) is 5.61. The highest BCUT2D eigenvalue weighted by Gasteiger charge is 2.12. The van der Waals surface area contributed by atoms with Crippen molar-refractivity contribution in [3.63, 3.8) is 0 Å². The maximum atomic E-state index is 14.6. The van der Waals surface area contributed by atoms with Gasteiger partial charge >= 0.3 is 0 Å². The van der Waals surface area contributed by atoms with Crippen LogP contribution < -0.4 is 0 Å². The van der Waals surface area contributed by atoms with Gasteiger partial charge in [-0.2, -0.15) is 0 Å². The first kappa shape index (κ1) is 15.4. The average molecular weight is 308 g/mol. The Hall–Kier alpha value is -2.48. The van der Waals surface area contributed by atoms with Gasteiger partial charge in [0.15, 0.2) is 0 Å². The highest BCUT2D eigenvalue weighted by molar-refractivity contribution is 5.73. The lowest BCUT2D eigenvalue weighted by Gasteiger charge is -2.12. The molecule has 0 N–H and O–H groups in total. The van der Waals surface area contributed by atoms with Crippen molar-refractivity contribution in [2.24, 2.45) is 0 Å². The quantitative estimate of drug-likeness (QED) is 0.534. The molecule has 3 rings (SSSR count). The van der Waals surface area contributed by atoms with Gasteiger partial charge in [0, 0.05) is 5.56 Å². The van der Waals surface area contributed by atoms with Crippen LogP contribution in [0.1, 0.15) is 18.9 Å². The van der Waals surface area contributed by atoms with Crippen molar-refractivity contribution in [3.05, 3.63) is 83.9 Å². The molecule has 0 aliphatic rings. The Morgan fingerprint density at radius 3 is 2.17 bits per heavy atom. The number of benzene rings is 3. The Balaban J connectivity index is 2.05. The third-order valence-corrected chi connectivity index (χ3v) is 3.95. The van der Waals surface area contributed by atoms with Gasteiger partial charge in [-0.05, 0) is 46.9 Å². The number of rotatable bonds is 4. The standard InChI is InChI=1S/C21H18F2/c1-2-6-17-13-18(22)10-12-19(17)20-11-9-16(14-21(20)23)15-7-4-3-5-8-15/h3-5,7-14H,2,6H2,1H3. The second-order valence-electron chi connectivity index (χ2n) is 5.61. The molecule has 0 bridgehead atoms. The van der Waals surface area contributed by atoms with Crippen LogP contribution in [0.3, 0.4) is 0 Å². The van der Waals surface area contributed by atoms with Crippen molar-refractivity contribution in [1.29, 1.82) is 0 Å². The van der Waals surface area contributed by atoms with Crippen LogP contribution in [0.15, 0.2) is 66.7 Å². The minimum atomic E-state index is -0.282. The fraction of sp³-hybridized carbons (Fsp3) is 0.143. The predicted molar refractivity (Wildman–Crippen MR) is 91.2 cm³/mol. The lowest BCUT2D eigenvalue weighted by atomic mass is 9.94. The summed E-state index contributed by atoms with van der Waals surface area (Å²) in [4.78, 5) is 0. The Morgan fingerprint density at radius 1 is 0.739 bits per heavy atom. The molecule has 23 heavy (non-hydrogen) atoms. The second kappa shape index (κ2) is 6.74. The Labute approximate surface area is 135 Å². The molecule has 3 aromatic rings. The fourth-order valence-electron chi connectivity index (χ4n) is 2.84. The molecule has 0 amide bonds. The van der Waals surface area contributed by atoms with Gasteiger partial charge in [0.1, 0.15) is 11.6 Å². The summed E-state index contributed by atoms with van der Waals surface area (Å²) < 4.78 is 28.1. The van der Waals surface area contributed by atoms with Gasteiger partial charge in [0.2, 0.25) is 0 Å². The Morgan fingerprint density at radius 2 is 1.48 bits per heavy atom. The van der Waals surface area contributed by atoms with Gasteiger partial charge in [-0.1, -0.05) is 61.9 Å². The summed E-state index contributed by atoms with van der Waals surface area (Å²) in [6.07, 6.45) is 1.62. The largest absolute Gasteiger partial charge is 0.207 e. The molecule has 0 heterocycles. The van der Waals surface area contributed by atoms with E-state index >= 15 is 0 Å². The SMILES string of the molecule is CCCc1cc(F)ccc1-c1ccc(-c2ccccc2)cc1F. The van der Waals surface area contributed by atoms with Gasteiger partial charge < -0.3 is 0 Å². The van der Waals surface area contributed by atoms with Crippen molar-refractivity contribution in [3.8, 4) is 22.3 Å². The maximum absolute atomic E-state index is 14.6. The summed E-state index contributed by atoms with van der Waals surface area (Å²) in [6.45, 7) is 2.03. The molecule has 0 aliphatic heterocycles. The molecule has 0 nitrogen and oxygen atoms in total. The normalized spacial score (nSPS) is 10.7. The smallest absolute Gasteiger partial charge is 0.131 e. The molecule has 0 fully saturated rings. The highest BCUT2D eigenvalue weighted by Crippen LogP contribution is 2.31. The van der Waals surface area contributed by atoms with Gasteiger partial charge in [-0.25, -0.2) is 8.78 Å². The lowest BCUT2D eigenvalue weighted by molar-refractivity contribution is 0.623. The van der Waals surface area contributed by atoms with Crippen molar-refractivity contribution >= 4 is 0 Å². The Bertz CT molecular complexity index is 807. The summed E-state index contributed by atoms with van der Waals surface area (Å²) in [7, 11) is 0. The topological polar surface area (TPSA) is 0 Å². The molecule has 0 aliphatic carbocycles. The molecule has 0 saturated heterocycles. The number of hydrogen-bond acceptors (Lipinski definition) is 0. The van der Waals surface area contributed by atoms with Gasteiger partial charge in [-0.15, -0.1) is 0 Å². The van der Waals surface area contributed by atoms with E-state index in [-0.39, 0.29) is 11.6 Å². The molecular formula is C21H18F2. The summed E-state index contributed by atoms with van der Waals surface area (Å²) in [5, 5.41) is 0. The molecular weight excluding hydrogens is 290 g/mol. The van der Waals surface area contributed by atoms with E-state index in [0.29, 0.717) is 5.56 Å². The van der Waals surface area contributed by atoms with E-state index in [2.05, 4.69) is 0 Å². The van der Waals surface area contributed by atoms with Crippen LogP contribution in [-0.2, 0) is 6.42 Å². The molecule has 116 valence electrons. The molecule has 0 atom stereocenters. The van der Waals surface area contributed by atoms with E-state index in [1.165, 1.54) is 12.1 Å². The fourth-order valence-corrected chi connectivity index (χ4v) is 2.84. The number of aryl methyl sites for hydroxylation is 1. The van der Waals surface area contributed by atoms with Crippen molar-refractivity contribution in [2.75, 3.05) is 0 Å². The molecule has 0 unspecified atom stereocenters. The molecule has 0 radical (unpaired) electrons. The number of halogens is 2. The highest BCUT2D eigenvalue weighted by atomic mass is 19.1. The van der Waals surface area contributed by atoms with Crippen LogP contribution in [-0.4, -0.2) is 0 Å². The monoisotopic (exact) mass is 308 g/mol. The Kier molecular flexibility index (Phi) is 4.52. The first-order valence-corrected chi connectivity index (χ1v) is 7.83. The van der Waals surface area contributed by atoms with E-state index < -0.39 is 0 Å². The third kappa shape index (κ3) is 3.31. The van der Waals surface area contributed by atoms with Gasteiger partial charge in [0.25, 0.3) is 0 Å². The minimum absolute atomic E-state index is 0.279. The van der Waals surface area contributed by atoms with Gasteiger partial charge in [0.05, 0.1) is 0 Å². The molecule has 2 heteroatoms. The maximum Gasteiger partial charge on any atom is 0.131 e. The first-order chi connectivity index (χ1) is 11.2. The third-order valence-electron chi connectivity index (χ3n) is 3.95. The summed E-state index contributed by atoms with van der Waals surface area (Å²) in [5.41, 5.74) is 3.95. The molecule has 0 spiro atoms. The summed E-state index contributed by atoms with van der Waals surface area (Å²) in [6, 6.07) is 19.5. The zero-order valence-electron chi connectivity index (χ0n) is 13.0. The van der Waals surface area contributed by atoms with Crippen LogP contribution in [0.2, 0.25) is 0 Å². The van der Waals surface area contributed by atoms with E-state index in [0.717, 1.165) is 35.1 Å². The van der Waals surface area contributed by atoms with Crippen molar-refractivity contribution < 1.29 is 8.78 Å². The van der Waals surface area contributed by atoms with Crippen molar-refractivity contribution in [2.45, 2.75) is 19.8 Å². The molecule has 0 aromatic heterocycles. The van der Waals surface area contributed by atoms with Crippen molar-refractivity contribution in [1.82, 2.24) is 0 Å². The first-order valence-electron chi connectivity index (χ1n) is 7.83. The molecule has 0 saturated carbocycles. The lowest BCUT2D eigenvalue weighted by Crippen LogP contribution is -1.94. The van der Waals surface area contributed by atoms with Gasteiger partial charge in [-0.3, -0.25) is 0 Å². The number of hydrogen-bond donors (Lipinski definition) is 0. The molecule has 3 aromatic carbocycles. The van der Waals surface area contributed by atoms with Crippen LogP contribution in [0.25, 0.3) is 22.3 Å². The average Bonchev–Trinajstić information content (AvgIpc) is 2.57. The zero-order valence-corrected chi connectivity index (χ0v) is 13.0. The van der Waals surface area contributed by atoms with E-state index in [9.17, 15) is 8.78 Å². The minimum Gasteiger partial charge on any atom is -0.207 e. The predicted octanol–water partition coefficient (Wildman–Crippen LogP) is 6.25. The zero-order chi connectivity index (χ0) is 16.2. The van der Waals surface area contributed by atoms with Crippen LogP contribution in [0, 0.1) is 11.6 Å². The van der Waals surface area contributed by atoms with E-state index in [4.69, 9.17) is 0 Å². The summed E-state index contributed by atoms with van der Waals surface area (Å²) in [5.74, 6) is -0.561. The van der Waals surface area contributed by atoms with Crippen LogP contribution in [0.4, 0.5) is 8.78 Å².